The van der Waals surface area contributed by atoms with Gasteiger partial charge >= 0.3 is 0 Å². The van der Waals surface area contributed by atoms with Crippen molar-refractivity contribution in [1.29, 1.82) is 0 Å². The van der Waals surface area contributed by atoms with Gasteiger partial charge < -0.3 is 5.32 Å². The fraction of sp³-hybridized carbons (Fsp3) is 0.0417. The second-order valence-corrected chi connectivity index (χ2v) is 9.41. The van der Waals surface area contributed by atoms with Crippen molar-refractivity contribution < 1.29 is 13.2 Å². The van der Waals surface area contributed by atoms with Gasteiger partial charge in [-0.2, -0.15) is 5.10 Å². The zero-order valence-corrected chi connectivity index (χ0v) is 19.3. The van der Waals surface area contributed by atoms with Crippen LogP contribution < -0.4 is 15.6 Å². The topological polar surface area (TPSA) is 110 Å². The molecular formula is C24H19ClN4O4S. The molecule has 0 radical (unpaired) electrons. The largest absolute Gasteiger partial charge is 0.321 e. The van der Waals surface area contributed by atoms with Gasteiger partial charge in [-0.15, -0.1) is 0 Å². The van der Waals surface area contributed by atoms with E-state index in [2.05, 4.69) is 15.1 Å². The molecule has 34 heavy (non-hydrogen) atoms. The van der Waals surface area contributed by atoms with Crippen molar-refractivity contribution in [2.45, 2.75) is 11.4 Å². The molecule has 10 heteroatoms. The first kappa shape index (κ1) is 23.2. The Morgan fingerprint density at radius 3 is 2.35 bits per heavy atom. The highest BCUT2D eigenvalue weighted by atomic mass is 35.5. The van der Waals surface area contributed by atoms with E-state index < -0.39 is 15.9 Å². The van der Waals surface area contributed by atoms with Crippen LogP contribution in [0.3, 0.4) is 0 Å². The van der Waals surface area contributed by atoms with Gasteiger partial charge in [0.15, 0.2) is 0 Å². The summed E-state index contributed by atoms with van der Waals surface area (Å²) in [5.41, 5.74) is 1.14. The van der Waals surface area contributed by atoms with Crippen LogP contribution in [-0.2, 0) is 16.6 Å². The highest BCUT2D eigenvalue weighted by Gasteiger charge is 2.16. The molecule has 0 spiro atoms. The van der Waals surface area contributed by atoms with Crippen LogP contribution in [-0.4, -0.2) is 24.1 Å². The zero-order valence-electron chi connectivity index (χ0n) is 17.7. The maximum atomic E-state index is 12.7. The number of amides is 1. The molecule has 0 saturated heterocycles. The lowest BCUT2D eigenvalue weighted by atomic mass is 10.2. The minimum Gasteiger partial charge on any atom is -0.321 e. The molecule has 0 bridgehead atoms. The van der Waals surface area contributed by atoms with Crippen molar-refractivity contribution in [3.8, 4) is 0 Å². The fourth-order valence-corrected chi connectivity index (χ4v) is 4.34. The highest BCUT2D eigenvalue weighted by Crippen LogP contribution is 2.21. The summed E-state index contributed by atoms with van der Waals surface area (Å²) in [6.45, 7) is 0.213. The molecule has 8 nitrogen and oxygen atoms in total. The van der Waals surface area contributed by atoms with E-state index in [-0.39, 0.29) is 28.4 Å². The second kappa shape index (κ2) is 9.90. The number of carbonyl (C=O) groups is 1. The third-order valence-corrected chi connectivity index (χ3v) is 6.40. The summed E-state index contributed by atoms with van der Waals surface area (Å²) in [4.78, 5) is 24.9. The number of nitrogens with one attached hydrogen (secondary N) is 2. The van der Waals surface area contributed by atoms with Crippen LogP contribution >= 0.6 is 11.6 Å². The van der Waals surface area contributed by atoms with Gasteiger partial charge in [0.1, 0.15) is 5.69 Å². The van der Waals surface area contributed by atoms with Crippen LogP contribution in [0.1, 0.15) is 16.1 Å². The fourth-order valence-electron chi connectivity index (χ4n) is 3.11. The van der Waals surface area contributed by atoms with E-state index in [1.807, 2.05) is 30.3 Å². The van der Waals surface area contributed by atoms with Gasteiger partial charge in [-0.05, 0) is 54.1 Å². The maximum absolute atomic E-state index is 12.7. The molecule has 0 aliphatic carbocycles. The summed E-state index contributed by atoms with van der Waals surface area (Å²) in [6.07, 6.45) is 0. The minimum absolute atomic E-state index is 0.0167. The summed E-state index contributed by atoms with van der Waals surface area (Å²) < 4.78 is 29.1. The summed E-state index contributed by atoms with van der Waals surface area (Å²) >= 11 is 5.84. The number of halogens is 1. The summed E-state index contributed by atoms with van der Waals surface area (Å²) in [5.74, 6) is -0.581. The van der Waals surface area contributed by atoms with Gasteiger partial charge in [0.25, 0.3) is 21.5 Å². The lowest BCUT2D eigenvalue weighted by Crippen LogP contribution is -2.26. The lowest BCUT2D eigenvalue weighted by molar-refractivity contribution is 0.102. The molecule has 0 fully saturated rings. The van der Waals surface area contributed by atoms with Gasteiger partial charge in [0, 0.05) is 22.5 Å². The number of sulfonamides is 1. The number of anilines is 2. The molecule has 1 aromatic heterocycles. The molecule has 2 N–H and O–H groups in total. The molecule has 0 aliphatic heterocycles. The van der Waals surface area contributed by atoms with Crippen molar-refractivity contribution in [2.75, 3.05) is 10.0 Å². The number of nitrogens with zero attached hydrogens (tertiary/aromatic N) is 2. The number of hydrogen-bond donors (Lipinski definition) is 2. The molecule has 4 aromatic rings. The van der Waals surface area contributed by atoms with E-state index in [1.165, 1.54) is 35.0 Å². The molecule has 3 aromatic carbocycles. The van der Waals surface area contributed by atoms with Crippen molar-refractivity contribution in [2.24, 2.45) is 0 Å². The van der Waals surface area contributed by atoms with E-state index in [4.69, 9.17) is 11.6 Å². The van der Waals surface area contributed by atoms with Crippen molar-refractivity contribution in [3.05, 3.63) is 118 Å². The predicted molar refractivity (Wildman–Crippen MR) is 131 cm³/mol. The van der Waals surface area contributed by atoms with E-state index in [0.717, 1.165) is 5.56 Å². The maximum Gasteiger partial charge on any atom is 0.276 e. The zero-order chi connectivity index (χ0) is 24.1. The van der Waals surface area contributed by atoms with Gasteiger partial charge in [-0.1, -0.05) is 48.0 Å². The number of rotatable bonds is 7. The van der Waals surface area contributed by atoms with Gasteiger partial charge in [0.05, 0.1) is 11.4 Å². The Morgan fingerprint density at radius 1 is 0.882 bits per heavy atom. The first-order chi connectivity index (χ1) is 16.3. The Bertz CT molecular complexity index is 1490. The molecule has 4 rings (SSSR count). The number of aromatic nitrogens is 2. The molecule has 1 amide bonds. The average Bonchev–Trinajstić information content (AvgIpc) is 2.83. The Labute approximate surface area is 200 Å². The Morgan fingerprint density at radius 2 is 1.62 bits per heavy atom. The monoisotopic (exact) mass is 494 g/mol. The van der Waals surface area contributed by atoms with E-state index in [1.54, 1.807) is 30.3 Å². The lowest BCUT2D eigenvalue weighted by Gasteiger charge is -2.11. The molecule has 0 saturated carbocycles. The molecule has 0 aliphatic rings. The van der Waals surface area contributed by atoms with Crippen LogP contribution in [0.25, 0.3) is 0 Å². The van der Waals surface area contributed by atoms with Crippen LogP contribution in [0.15, 0.2) is 101 Å². The summed E-state index contributed by atoms with van der Waals surface area (Å²) in [5, 5.41) is 7.26. The van der Waals surface area contributed by atoms with Crippen LogP contribution in [0.2, 0.25) is 5.02 Å². The third kappa shape index (κ3) is 5.69. The van der Waals surface area contributed by atoms with Crippen molar-refractivity contribution in [1.82, 2.24) is 9.78 Å². The molecule has 172 valence electrons. The summed E-state index contributed by atoms with van der Waals surface area (Å²) in [6, 6.07) is 23.9. The Kier molecular flexibility index (Phi) is 6.76. The van der Waals surface area contributed by atoms with Gasteiger partial charge in [-0.3, -0.25) is 14.3 Å². The average molecular weight is 495 g/mol. The van der Waals surface area contributed by atoms with Crippen molar-refractivity contribution >= 4 is 38.9 Å². The SMILES string of the molecule is O=C(Nc1cccc(S(=O)(=O)Nc2ccc(Cl)cc2)c1)c1ccc(=O)n(Cc2ccccc2)n1. The van der Waals surface area contributed by atoms with Gasteiger partial charge in [-0.25, -0.2) is 13.1 Å². The smallest absolute Gasteiger partial charge is 0.276 e. The quantitative estimate of drug-likeness (QED) is 0.403. The van der Waals surface area contributed by atoms with Gasteiger partial charge in [0.2, 0.25) is 0 Å². The summed E-state index contributed by atoms with van der Waals surface area (Å²) in [7, 11) is -3.90. The molecule has 1 heterocycles. The number of hydrogen-bond acceptors (Lipinski definition) is 5. The van der Waals surface area contributed by atoms with E-state index >= 15 is 0 Å². The normalized spacial score (nSPS) is 11.1. The standard InChI is InChI=1S/C24H19ClN4O4S/c25-18-9-11-19(12-10-18)28-34(32,33)21-8-4-7-20(15-21)26-24(31)22-13-14-23(30)29(27-22)16-17-5-2-1-3-6-17/h1-15,28H,16H2,(H,26,31). The van der Waals surface area contributed by atoms with Crippen molar-refractivity contribution in [3.63, 3.8) is 0 Å². The second-order valence-electron chi connectivity index (χ2n) is 7.29. The van der Waals surface area contributed by atoms with Crippen LogP contribution in [0.4, 0.5) is 11.4 Å². The number of benzene rings is 3. The van der Waals surface area contributed by atoms with E-state index in [9.17, 15) is 18.0 Å². The molecule has 0 unspecified atom stereocenters. The Hall–Kier alpha value is -3.95. The predicted octanol–water partition coefficient (Wildman–Crippen LogP) is 4.00. The molecule has 0 atom stereocenters. The first-order valence-electron chi connectivity index (χ1n) is 10.1. The van der Waals surface area contributed by atoms with Crippen LogP contribution in [0.5, 0.6) is 0 Å². The van der Waals surface area contributed by atoms with Crippen LogP contribution in [0, 0.1) is 0 Å². The minimum atomic E-state index is -3.90. The highest BCUT2D eigenvalue weighted by molar-refractivity contribution is 7.92. The third-order valence-electron chi connectivity index (χ3n) is 4.77. The first-order valence-corrected chi connectivity index (χ1v) is 12.0. The molecular weight excluding hydrogens is 476 g/mol. The Balaban J connectivity index is 1.52. The number of carbonyl (C=O) groups excluding carboxylic acids is 1. The van der Waals surface area contributed by atoms with E-state index in [0.29, 0.717) is 10.7 Å².